The predicted octanol–water partition coefficient (Wildman–Crippen LogP) is 4.87. The standard InChI is InChI=1S/C20H15BrN4/c21-13-6-7-14-15(8-10-23-17(14)12-13)19-18-5-3-11-25(18)24-20(19)16-4-1-2-9-22-16/h1-2,4,6-10,12H,3,5,11H2. The van der Waals surface area contributed by atoms with Gasteiger partial charge in [0.15, 0.2) is 0 Å². The molecule has 0 saturated heterocycles. The van der Waals surface area contributed by atoms with E-state index >= 15 is 0 Å². The van der Waals surface area contributed by atoms with Gasteiger partial charge in [0.1, 0.15) is 5.69 Å². The third-order valence-corrected chi connectivity index (χ3v) is 5.22. The first-order valence-electron chi connectivity index (χ1n) is 8.37. The zero-order chi connectivity index (χ0) is 16.8. The van der Waals surface area contributed by atoms with Crippen molar-refractivity contribution in [2.45, 2.75) is 19.4 Å². The summed E-state index contributed by atoms with van der Waals surface area (Å²) in [6.07, 6.45) is 5.90. The van der Waals surface area contributed by atoms with Crippen LogP contribution in [0.4, 0.5) is 0 Å². The molecule has 0 radical (unpaired) electrons. The van der Waals surface area contributed by atoms with Crippen molar-refractivity contribution in [3.8, 4) is 22.5 Å². The topological polar surface area (TPSA) is 43.6 Å². The lowest BCUT2D eigenvalue weighted by Crippen LogP contribution is -1.94. The number of hydrogen-bond donors (Lipinski definition) is 0. The summed E-state index contributed by atoms with van der Waals surface area (Å²) in [6, 6.07) is 14.3. The van der Waals surface area contributed by atoms with Crippen LogP contribution in [-0.2, 0) is 13.0 Å². The first kappa shape index (κ1) is 14.8. The number of pyridine rings is 2. The van der Waals surface area contributed by atoms with Crippen LogP contribution in [0.1, 0.15) is 12.1 Å². The fourth-order valence-electron chi connectivity index (χ4n) is 3.64. The second-order valence-corrected chi connectivity index (χ2v) is 7.15. The van der Waals surface area contributed by atoms with Crippen LogP contribution in [-0.4, -0.2) is 19.7 Å². The molecule has 0 bridgehead atoms. The van der Waals surface area contributed by atoms with Crippen LogP contribution in [0.25, 0.3) is 33.4 Å². The van der Waals surface area contributed by atoms with Crippen molar-refractivity contribution in [3.05, 3.63) is 65.0 Å². The third kappa shape index (κ3) is 2.38. The Morgan fingerprint density at radius 3 is 2.84 bits per heavy atom. The molecule has 3 aromatic heterocycles. The van der Waals surface area contributed by atoms with Crippen LogP contribution < -0.4 is 0 Å². The number of benzene rings is 1. The van der Waals surface area contributed by atoms with Gasteiger partial charge in [-0.1, -0.05) is 28.1 Å². The molecule has 0 amide bonds. The van der Waals surface area contributed by atoms with Gasteiger partial charge < -0.3 is 0 Å². The lowest BCUT2D eigenvalue weighted by atomic mass is 9.97. The van der Waals surface area contributed by atoms with E-state index in [1.807, 2.05) is 30.6 Å². The maximum absolute atomic E-state index is 4.89. The molecule has 5 rings (SSSR count). The van der Waals surface area contributed by atoms with E-state index in [0.717, 1.165) is 46.1 Å². The van der Waals surface area contributed by atoms with Crippen molar-refractivity contribution >= 4 is 26.8 Å². The molecule has 122 valence electrons. The van der Waals surface area contributed by atoms with Gasteiger partial charge in [-0.3, -0.25) is 14.6 Å². The van der Waals surface area contributed by atoms with Crippen LogP contribution in [0, 0.1) is 0 Å². The molecule has 4 heterocycles. The van der Waals surface area contributed by atoms with E-state index in [1.165, 1.54) is 16.8 Å². The normalized spacial score (nSPS) is 13.3. The van der Waals surface area contributed by atoms with Crippen LogP contribution in [0.15, 0.2) is 59.3 Å². The number of aromatic nitrogens is 4. The average Bonchev–Trinajstić information content (AvgIpc) is 3.22. The van der Waals surface area contributed by atoms with Crippen molar-refractivity contribution in [1.29, 1.82) is 0 Å². The van der Waals surface area contributed by atoms with Gasteiger partial charge >= 0.3 is 0 Å². The lowest BCUT2D eigenvalue weighted by Gasteiger charge is -2.09. The predicted molar refractivity (Wildman–Crippen MR) is 102 cm³/mol. The van der Waals surface area contributed by atoms with Gasteiger partial charge in [0.25, 0.3) is 0 Å². The molecule has 1 aromatic carbocycles. The van der Waals surface area contributed by atoms with E-state index in [-0.39, 0.29) is 0 Å². The summed E-state index contributed by atoms with van der Waals surface area (Å²) in [7, 11) is 0. The Morgan fingerprint density at radius 2 is 1.96 bits per heavy atom. The fourth-order valence-corrected chi connectivity index (χ4v) is 3.99. The Kier molecular flexibility index (Phi) is 3.41. The van der Waals surface area contributed by atoms with E-state index in [2.05, 4.69) is 54.8 Å². The highest BCUT2D eigenvalue weighted by molar-refractivity contribution is 9.10. The zero-order valence-corrected chi connectivity index (χ0v) is 15.1. The molecule has 0 N–H and O–H groups in total. The maximum Gasteiger partial charge on any atom is 0.119 e. The molecule has 5 heteroatoms. The first-order chi connectivity index (χ1) is 12.3. The Labute approximate surface area is 153 Å². The molecule has 0 spiro atoms. The number of aryl methyl sites for hydroxylation is 1. The van der Waals surface area contributed by atoms with E-state index in [1.54, 1.807) is 0 Å². The molecule has 0 fully saturated rings. The van der Waals surface area contributed by atoms with Crippen LogP contribution in [0.2, 0.25) is 0 Å². The number of hydrogen-bond acceptors (Lipinski definition) is 3. The van der Waals surface area contributed by atoms with E-state index in [4.69, 9.17) is 5.10 Å². The summed E-state index contributed by atoms with van der Waals surface area (Å²) in [5.41, 5.74) is 6.55. The summed E-state index contributed by atoms with van der Waals surface area (Å²) < 4.78 is 3.18. The molecule has 0 unspecified atom stereocenters. The van der Waals surface area contributed by atoms with E-state index in [0.29, 0.717) is 0 Å². The molecule has 0 aliphatic carbocycles. The molecule has 4 nitrogen and oxygen atoms in total. The summed E-state index contributed by atoms with van der Waals surface area (Å²) in [5, 5.41) is 6.03. The summed E-state index contributed by atoms with van der Waals surface area (Å²) in [4.78, 5) is 9.08. The lowest BCUT2D eigenvalue weighted by molar-refractivity contribution is 0.658. The van der Waals surface area contributed by atoms with Crippen molar-refractivity contribution in [2.75, 3.05) is 0 Å². The Morgan fingerprint density at radius 1 is 1.00 bits per heavy atom. The van der Waals surface area contributed by atoms with E-state index in [9.17, 15) is 0 Å². The maximum atomic E-state index is 4.89. The molecule has 1 aliphatic heterocycles. The number of nitrogens with zero attached hydrogens (tertiary/aromatic N) is 4. The molecule has 1 aliphatic rings. The Balaban J connectivity index is 1.83. The summed E-state index contributed by atoms with van der Waals surface area (Å²) in [6.45, 7) is 0.976. The van der Waals surface area contributed by atoms with Crippen molar-refractivity contribution in [3.63, 3.8) is 0 Å². The first-order valence-corrected chi connectivity index (χ1v) is 9.16. The number of rotatable bonds is 2. The minimum Gasteiger partial charge on any atom is -0.268 e. The van der Waals surface area contributed by atoms with Crippen LogP contribution >= 0.6 is 15.9 Å². The van der Waals surface area contributed by atoms with Crippen molar-refractivity contribution in [1.82, 2.24) is 19.7 Å². The zero-order valence-electron chi connectivity index (χ0n) is 13.5. The summed E-state index contributed by atoms with van der Waals surface area (Å²) >= 11 is 3.54. The molecular formula is C20H15BrN4. The van der Waals surface area contributed by atoms with Crippen LogP contribution in [0.5, 0.6) is 0 Å². The van der Waals surface area contributed by atoms with Crippen molar-refractivity contribution in [2.24, 2.45) is 0 Å². The quantitative estimate of drug-likeness (QED) is 0.490. The molecule has 4 aromatic rings. The Bertz CT molecular complexity index is 1090. The monoisotopic (exact) mass is 390 g/mol. The van der Waals surface area contributed by atoms with Crippen molar-refractivity contribution < 1.29 is 0 Å². The largest absolute Gasteiger partial charge is 0.268 e. The second kappa shape index (κ2) is 5.77. The van der Waals surface area contributed by atoms with E-state index < -0.39 is 0 Å². The van der Waals surface area contributed by atoms with Gasteiger partial charge in [0.05, 0.1) is 11.2 Å². The average molecular weight is 391 g/mol. The minimum absolute atomic E-state index is 0.918. The van der Waals surface area contributed by atoms with Gasteiger partial charge in [0, 0.05) is 40.1 Å². The highest BCUT2D eigenvalue weighted by Crippen LogP contribution is 2.39. The van der Waals surface area contributed by atoms with Crippen LogP contribution in [0.3, 0.4) is 0 Å². The molecular weight excluding hydrogens is 376 g/mol. The highest BCUT2D eigenvalue weighted by Gasteiger charge is 2.25. The van der Waals surface area contributed by atoms with Gasteiger partial charge in [-0.05, 0) is 48.7 Å². The van der Waals surface area contributed by atoms with Gasteiger partial charge in [-0.25, -0.2) is 0 Å². The number of halogens is 1. The molecule has 25 heavy (non-hydrogen) atoms. The summed E-state index contributed by atoms with van der Waals surface area (Å²) in [5.74, 6) is 0. The SMILES string of the molecule is Brc1ccc2c(-c3c(-c4ccccn4)nn4c3CCC4)ccnc2c1. The van der Waals surface area contributed by atoms with Gasteiger partial charge in [-0.15, -0.1) is 0 Å². The van der Waals surface area contributed by atoms with Gasteiger partial charge in [-0.2, -0.15) is 5.10 Å². The molecule has 0 atom stereocenters. The highest BCUT2D eigenvalue weighted by atomic mass is 79.9. The smallest absolute Gasteiger partial charge is 0.119 e. The fraction of sp³-hybridized carbons (Fsp3) is 0.150. The molecule has 0 saturated carbocycles. The minimum atomic E-state index is 0.918. The Hall–Kier alpha value is -2.53. The third-order valence-electron chi connectivity index (χ3n) is 4.72. The number of fused-ring (bicyclic) bond motifs is 2. The second-order valence-electron chi connectivity index (χ2n) is 6.23. The van der Waals surface area contributed by atoms with Gasteiger partial charge in [0.2, 0.25) is 0 Å².